The van der Waals surface area contributed by atoms with Gasteiger partial charge in [0.2, 0.25) is 8.32 Å². The van der Waals surface area contributed by atoms with E-state index in [1.165, 1.54) is 0 Å². The molecule has 0 aliphatic carbocycles. The molecule has 0 aromatic carbocycles. The Kier molecular flexibility index (Phi) is 9.57. The third-order valence-electron chi connectivity index (χ3n) is 2.72. The molecule has 0 saturated carbocycles. The van der Waals surface area contributed by atoms with Gasteiger partial charge in [0.25, 0.3) is 0 Å². The molecular weight excluding hydrogens is 290 g/mol. The molecule has 20 heavy (non-hydrogen) atoms. The molecule has 0 rings (SSSR count). The van der Waals surface area contributed by atoms with Gasteiger partial charge >= 0.3 is 14.5 Å². The molecule has 1 unspecified atom stereocenters. The van der Waals surface area contributed by atoms with E-state index >= 15 is 0 Å². The molecule has 0 saturated heterocycles. The molecule has 5 nitrogen and oxygen atoms in total. The summed E-state index contributed by atoms with van der Waals surface area (Å²) in [6.45, 7) is 12.0. The third kappa shape index (κ3) is 10.6. The standard InChI is InChI=1S/C13H31NO4Si2/c1-7-10-17-20(6,16-2)11-8-9-14-12-13(15)18-19(3,4)5/h14H,7-12H2,1-6H3. The largest absolute Gasteiger partial charge is 0.519 e. The normalized spacial score (nSPS) is 14.9. The Bertz CT molecular complexity index is 284. The monoisotopic (exact) mass is 321 g/mol. The van der Waals surface area contributed by atoms with Crippen molar-refractivity contribution in [1.29, 1.82) is 0 Å². The Morgan fingerprint density at radius 1 is 1.20 bits per heavy atom. The predicted octanol–water partition coefficient (Wildman–Crippen LogP) is 2.49. The maximum Gasteiger partial charge on any atom is 0.334 e. The summed E-state index contributed by atoms with van der Waals surface area (Å²) in [4.78, 5) is 11.5. The van der Waals surface area contributed by atoms with Crippen LogP contribution in [-0.4, -0.2) is 49.7 Å². The molecule has 120 valence electrons. The van der Waals surface area contributed by atoms with E-state index in [1.54, 1.807) is 7.11 Å². The summed E-state index contributed by atoms with van der Waals surface area (Å²) in [6, 6.07) is 0.930. The lowest BCUT2D eigenvalue weighted by Gasteiger charge is -2.25. The number of rotatable bonds is 11. The zero-order valence-corrected chi connectivity index (χ0v) is 15.9. The maximum absolute atomic E-state index is 11.5. The van der Waals surface area contributed by atoms with Gasteiger partial charge < -0.3 is 18.6 Å². The van der Waals surface area contributed by atoms with Gasteiger partial charge in [-0.05, 0) is 51.6 Å². The van der Waals surface area contributed by atoms with Crippen molar-refractivity contribution in [2.75, 3.05) is 26.8 Å². The molecular formula is C13H31NO4Si2. The van der Waals surface area contributed by atoms with E-state index in [2.05, 4.69) is 18.8 Å². The Balaban J connectivity index is 3.77. The average Bonchev–Trinajstić information content (AvgIpc) is 2.34. The highest BCUT2D eigenvalue weighted by molar-refractivity contribution is 6.71. The maximum atomic E-state index is 11.5. The van der Waals surface area contributed by atoms with Gasteiger partial charge in [0.1, 0.15) is 0 Å². The number of carbonyl (C=O) groups is 1. The fourth-order valence-electron chi connectivity index (χ4n) is 1.65. The zero-order chi connectivity index (χ0) is 15.6. The second-order valence-corrected chi connectivity index (χ2v) is 13.9. The molecule has 7 heteroatoms. The van der Waals surface area contributed by atoms with Crippen molar-refractivity contribution >= 4 is 22.8 Å². The molecule has 0 spiro atoms. The first-order valence-electron chi connectivity index (χ1n) is 7.34. The molecule has 0 fully saturated rings. The Morgan fingerprint density at radius 2 is 1.85 bits per heavy atom. The molecule has 0 aliphatic rings. The average molecular weight is 322 g/mol. The van der Waals surface area contributed by atoms with E-state index in [0.29, 0.717) is 0 Å². The summed E-state index contributed by atoms with van der Waals surface area (Å²) in [7, 11) is -2.05. The van der Waals surface area contributed by atoms with Crippen molar-refractivity contribution in [3.63, 3.8) is 0 Å². The van der Waals surface area contributed by atoms with Crippen molar-refractivity contribution in [3.8, 4) is 0 Å². The van der Waals surface area contributed by atoms with Crippen molar-refractivity contribution < 1.29 is 18.1 Å². The van der Waals surface area contributed by atoms with E-state index in [1.807, 2.05) is 19.6 Å². The molecule has 0 aliphatic heterocycles. The molecule has 0 heterocycles. The van der Waals surface area contributed by atoms with Crippen LogP contribution in [-0.2, 0) is 18.1 Å². The van der Waals surface area contributed by atoms with E-state index in [4.69, 9.17) is 13.3 Å². The lowest BCUT2D eigenvalue weighted by molar-refractivity contribution is -0.134. The van der Waals surface area contributed by atoms with Gasteiger partial charge in [-0.1, -0.05) is 6.92 Å². The lowest BCUT2D eigenvalue weighted by atomic mass is 10.5. The van der Waals surface area contributed by atoms with Gasteiger partial charge in [-0.3, -0.25) is 4.79 Å². The van der Waals surface area contributed by atoms with E-state index in [9.17, 15) is 4.79 Å². The summed E-state index contributed by atoms with van der Waals surface area (Å²) in [5.41, 5.74) is 0. The van der Waals surface area contributed by atoms with Crippen LogP contribution in [0.5, 0.6) is 0 Å². The third-order valence-corrected chi connectivity index (χ3v) is 6.50. The summed E-state index contributed by atoms with van der Waals surface area (Å²) in [5, 5.41) is 3.12. The van der Waals surface area contributed by atoms with E-state index < -0.39 is 16.9 Å². The van der Waals surface area contributed by atoms with Gasteiger partial charge in [0.15, 0.2) is 0 Å². The number of hydrogen-bond acceptors (Lipinski definition) is 5. The molecule has 0 bridgehead atoms. The summed E-state index contributed by atoms with van der Waals surface area (Å²) < 4.78 is 16.7. The highest BCUT2D eigenvalue weighted by Crippen LogP contribution is 2.14. The van der Waals surface area contributed by atoms with Crippen LogP contribution in [0.15, 0.2) is 0 Å². The zero-order valence-electron chi connectivity index (χ0n) is 13.9. The first-order valence-corrected chi connectivity index (χ1v) is 13.3. The molecule has 1 N–H and O–H groups in total. The van der Waals surface area contributed by atoms with Gasteiger partial charge in [-0.2, -0.15) is 0 Å². The summed E-state index contributed by atoms with van der Waals surface area (Å²) >= 11 is 0. The second-order valence-electron chi connectivity index (χ2n) is 6.05. The van der Waals surface area contributed by atoms with Gasteiger partial charge in [-0.25, -0.2) is 0 Å². The van der Waals surface area contributed by atoms with Crippen LogP contribution in [0.25, 0.3) is 0 Å². The second kappa shape index (κ2) is 9.67. The molecule has 0 aromatic rings. The predicted molar refractivity (Wildman–Crippen MR) is 86.6 cm³/mol. The van der Waals surface area contributed by atoms with Crippen LogP contribution in [0, 0.1) is 0 Å². The van der Waals surface area contributed by atoms with Crippen LogP contribution in [0.3, 0.4) is 0 Å². The smallest absolute Gasteiger partial charge is 0.334 e. The van der Waals surface area contributed by atoms with Gasteiger partial charge in [-0.15, -0.1) is 0 Å². The Morgan fingerprint density at radius 3 is 2.35 bits per heavy atom. The van der Waals surface area contributed by atoms with Crippen LogP contribution < -0.4 is 5.32 Å². The molecule has 0 amide bonds. The molecule has 0 aromatic heterocycles. The van der Waals surface area contributed by atoms with Gasteiger partial charge in [0, 0.05) is 13.7 Å². The van der Waals surface area contributed by atoms with Crippen LogP contribution in [0.4, 0.5) is 0 Å². The minimum atomic E-state index is -2.01. The SMILES string of the molecule is CCCO[Si](C)(CCCNCC(=O)O[Si](C)(C)C)OC. The highest BCUT2D eigenvalue weighted by atomic mass is 28.4. The van der Waals surface area contributed by atoms with Crippen LogP contribution >= 0.6 is 0 Å². The quantitative estimate of drug-likeness (QED) is 0.468. The first-order chi connectivity index (χ1) is 9.22. The fourth-order valence-corrected chi connectivity index (χ4v) is 4.33. The highest BCUT2D eigenvalue weighted by Gasteiger charge is 2.29. The van der Waals surface area contributed by atoms with Crippen LogP contribution in [0.2, 0.25) is 32.2 Å². The number of hydrogen-bond donors (Lipinski definition) is 1. The molecule has 1 atom stereocenters. The minimum absolute atomic E-state index is 0.154. The molecule has 0 radical (unpaired) electrons. The van der Waals surface area contributed by atoms with Crippen molar-refractivity contribution in [2.24, 2.45) is 0 Å². The summed E-state index contributed by atoms with van der Waals surface area (Å²) in [5.74, 6) is -0.154. The van der Waals surface area contributed by atoms with Crippen molar-refractivity contribution in [3.05, 3.63) is 0 Å². The van der Waals surface area contributed by atoms with Crippen LogP contribution in [0.1, 0.15) is 19.8 Å². The lowest BCUT2D eigenvalue weighted by Crippen LogP contribution is -2.39. The van der Waals surface area contributed by atoms with Crippen molar-refractivity contribution in [2.45, 2.75) is 52.0 Å². The van der Waals surface area contributed by atoms with E-state index in [0.717, 1.165) is 32.0 Å². The van der Waals surface area contributed by atoms with Gasteiger partial charge in [0.05, 0.1) is 6.54 Å². The number of nitrogens with one attached hydrogen (secondary N) is 1. The fraction of sp³-hybridized carbons (Fsp3) is 0.923. The Labute approximate surface area is 125 Å². The summed E-state index contributed by atoms with van der Waals surface area (Å²) in [6.07, 6.45) is 1.95. The number of carbonyl (C=O) groups excluding carboxylic acids is 1. The topological polar surface area (TPSA) is 56.8 Å². The minimum Gasteiger partial charge on any atom is -0.519 e. The Hall–Kier alpha value is -0.216. The van der Waals surface area contributed by atoms with Crippen molar-refractivity contribution in [1.82, 2.24) is 5.32 Å². The van der Waals surface area contributed by atoms with E-state index in [-0.39, 0.29) is 12.5 Å². The first kappa shape index (κ1) is 19.8.